The predicted molar refractivity (Wildman–Crippen MR) is 124 cm³/mol. The molecule has 182 valence electrons. The van der Waals surface area contributed by atoms with Crippen molar-refractivity contribution in [3.05, 3.63) is 60.0 Å². The van der Waals surface area contributed by atoms with Crippen molar-refractivity contribution in [3.63, 3.8) is 0 Å². The fourth-order valence-electron chi connectivity index (χ4n) is 4.46. The Morgan fingerprint density at radius 2 is 1.80 bits per heavy atom. The van der Waals surface area contributed by atoms with Crippen LogP contribution in [0.2, 0.25) is 0 Å². The topological polar surface area (TPSA) is 64.9 Å². The summed E-state index contributed by atoms with van der Waals surface area (Å²) in [7, 11) is 1.52. The molecule has 5 rings (SSSR count). The number of alkyl halides is 3. The standard InChI is InChI=1S/C25H23F4N5O/c1-35-17-8-10-20-21(14-17)34(22-11-12-30-24(33-22)31-16-5-3-2-4-6-16)23(32-20)15-7-9-19(26)18(13-15)25(27,28)29/h7-14,16H,2-6H2,1H3,(H,30,31,33). The third-order valence-corrected chi connectivity index (χ3v) is 6.20. The molecule has 1 fully saturated rings. The highest BCUT2D eigenvalue weighted by atomic mass is 19.4. The number of ether oxygens (including phenoxy) is 1. The number of halogens is 4. The minimum absolute atomic E-state index is 0.106. The largest absolute Gasteiger partial charge is 0.497 e. The number of rotatable bonds is 5. The van der Waals surface area contributed by atoms with Crippen LogP contribution < -0.4 is 10.1 Å². The maximum atomic E-state index is 14.0. The Bertz CT molecular complexity index is 1360. The number of nitrogens with zero attached hydrogens (tertiary/aromatic N) is 4. The first-order valence-corrected chi connectivity index (χ1v) is 11.4. The van der Waals surface area contributed by atoms with Gasteiger partial charge in [0.1, 0.15) is 23.2 Å². The maximum Gasteiger partial charge on any atom is 0.419 e. The van der Waals surface area contributed by atoms with Gasteiger partial charge >= 0.3 is 6.18 Å². The van der Waals surface area contributed by atoms with Crippen molar-refractivity contribution in [2.45, 2.75) is 44.3 Å². The van der Waals surface area contributed by atoms with E-state index >= 15 is 0 Å². The van der Waals surface area contributed by atoms with Crippen molar-refractivity contribution >= 4 is 17.0 Å². The number of hydrogen-bond acceptors (Lipinski definition) is 5. The van der Waals surface area contributed by atoms with Gasteiger partial charge in [-0.2, -0.15) is 18.2 Å². The van der Waals surface area contributed by atoms with Gasteiger partial charge in [0, 0.05) is 23.9 Å². The lowest BCUT2D eigenvalue weighted by molar-refractivity contribution is -0.139. The summed E-state index contributed by atoms with van der Waals surface area (Å²) in [6, 6.07) is 9.94. The summed E-state index contributed by atoms with van der Waals surface area (Å²) in [6.45, 7) is 0. The van der Waals surface area contributed by atoms with Crippen LogP contribution >= 0.6 is 0 Å². The van der Waals surface area contributed by atoms with Crippen LogP contribution in [0.15, 0.2) is 48.7 Å². The Morgan fingerprint density at radius 3 is 2.54 bits per heavy atom. The molecule has 1 N–H and O–H groups in total. The van der Waals surface area contributed by atoms with Crippen LogP contribution in [0.25, 0.3) is 28.2 Å². The first-order valence-electron chi connectivity index (χ1n) is 11.4. The zero-order valence-electron chi connectivity index (χ0n) is 18.9. The molecule has 2 heterocycles. The Kier molecular flexibility index (Phi) is 6.04. The smallest absolute Gasteiger partial charge is 0.419 e. The molecule has 0 spiro atoms. The number of benzene rings is 2. The number of imidazole rings is 1. The molecule has 0 bridgehead atoms. The zero-order chi connectivity index (χ0) is 24.6. The molecular formula is C25H23F4N5O. The van der Waals surface area contributed by atoms with Gasteiger partial charge in [-0.15, -0.1) is 0 Å². The van der Waals surface area contributed by atoms with Crippen molar-refractivity contribution in [2.24, 2.45) is 0 Å². The van der Waals surface area contributed by atoms with E-state index in [0.717, 1.165) is 37.8 Å². The van der Waals surface area contributed by atoms with Crippen molar-refractivity contribution in [2.75, 3.05) is 12.4 Å². The van der Waals surface area contributed by atoms with E-state index in [1.165, 1.54) is 19.6 Å². The second-order valence-electron chi connectivity index (χ2n) is 8.54. The van der Waals surface area contributed by atoms with E-state index in [4.69, 9.17) is 4.74 Å². The van der Waals surface area contributed by atoms with Gasteiger partial charge in [0.2, 0.25) is 5.95 Å². The summed E-state index contributed by atoms with van der Waals surface area (Å²) in [5.74, 6) is 0.254. The molecule has 0 amide bonds. The van der Waals surface area contributed by atoms with Crippen LogP contribution in [0.3, 0.4) is 0 Å². The van der Waals surface area contributed by atoms with E-state index in [0.29, 0.717) is 28.5 Å². The van der Waals surface area contributed by atoms with Crippen LogP contribution in [0.5, 0.6) is 5.75 Å². The van der Waals surface area contributed by atoms with Crippen LogP contribution in [0.1, 0.15) is 37.7 Å². The Balaban J connectivity index is 1.66. The molecule has 0 radical (unpaired) electrons. The molecule has 0 saturated heterocycles. The second-order valence-corrected chi connectivity index (χ2v) is 8.54. The molecule has 1 aliphatic rings. The molecule has 0 atom stereocenters. The number of methoxy groups -OCH3 is 1. The molecule has 35 heavy (non-hydrogen) atoms. The van der Waals surface area contributed by atoms with Gasteiger partial charge < -0.3 is 10.1 Å². The fourth-order valence-corrected chi connectivity index (χ4v) is 4.46. The molecule has 0 unspecified atom stereocenters. The van der Waals surface area contributed by atoms with E-state index < -0.39 is 17.6 Å². The Morgan fingerprint density at radius 1 is 1.00 bits per heavy atom. The van der Waals surface area contributed by atoms with Gasteiger partial charge in [-0.3, -0.25) is 4.57 Å². The summed E-state index contributed by atoms with van der Waals surface area (Å²) in [6.07, 6.45) is 2.29. The van der Waals surface area contributed by atoms with E-state index in [1.54, 1.807) is 35.0 Å². The van der Waals surface area contributed by atoms with Crippen LogP contribution in [-0.4, -0.2) is 32.7 Å². The summed E-state index contributed by atoms with van der Waals surface area (Å²) in [5, 5.41) is 3.37. The lowest BCUT2D eigenvalue weighted by Gasteiger charge is -2.22. The lowest BCUT2D eigenvalue weighted by atomic mass is 9.96. The van der Waals surface area contributed by atoms with E-state index in [2.05, 4.69) is 20.3 Å². The van der Waals surface area contributed by atoms with Crippen molar-refractivity contribution in [3.8, 4) is 23.0 Å². The summed E-state index contributed by atoms with van der Waals surface area (Å²) >= 11 is 0. The highest BCUT2D eigenvalue weighted by molar-refractivity contribution is 5.84. The SMILES string of the molecule is COc1ccc2nc(-c3ccc(F)c(C(F)(F)F)c3)n(-c3ccnc(NC4CCCCC4)n3)c2c1. The lowest BCUT2D eigenvalue weighted by Crippen LogP contribution is -2.23. The average molecular weight is 485 g/mol. The Labute approximate surface area is 199 Å². The van der Waals surface area contributed by atoms with Crippen molar-refractivity contribution < 1.29 is 22.3 Å². The van der Waals surface area contributed by atoms with Crippen LogP contribution in [-0.2, 0) is 6.18 Å². The van der Waals surface area contributed by atoms with Crippen LogP contribution in [0.4, 0.5) is 23.5 Å². The first-order chi connectivity index (χ1) is 16.8. The first kappa shape index (κ1) is 23.1. The number of anilines is 1. The molecule has 1 saturated carbocycles. The molecular weight excluding hydrogens is 462 g/mol. The minimum Gasteiger partial charge on any atom is -0.497 e. The predicted octanol–water partition coefficient (Wildman–Crippen LogP) is 6.39. The van der Waals surface area contributed by atoms with Crippen LogP contribution in [0, 0.1) is 5.82 Å². The number of nitrogens with one attached hydrogen (secondary N) is 1. The summed E-state index contributed by atoms with van der Waals surface area (Å²) in [5.41, 5.74) is -0.138. The average Bonchev–Trinajstić information content (AvgIpc) is 3.23. The molecule has 0 aliphatic heterocycles. The maximum absolute atomic E-state index is 14.0. The third kappa shape index (κ3) is 4.65. The second kappa shape index (κ2) is 9.16. The quantitative estimate of drug-likeness (QED) is 0.332. The third-order valence-electron chi connectivity index (χ3n) is 6.20. The van der Waals surface area contributed by atoms with Gasteiger partial charge in [0.25, 0.3) is 0 Å². The number of hydrogen-bond donors (Lipinski definition) is 1. The minimum atomic E-state index is -4.84. The van der Waals surface area contributed by atoms with Gasteiger partial charge in [-0.25, -0.2) is 14.4 Å². The summed E-state index contributed by atoms with van der Waals surface area (Å²) in [4.78, 5) is 13.6. The normalized spacial score (nSPS) is 14.9. The molecule has 2 aromatic carbocycles. The Hall–Kier alpha value is -3.69. The highest BCUT2D eigenvalue weighted by Gasteiger charge is 2.34. The summed E-state index contributed by atoms with van der Waals surface area (Å²) < 4.78 is 61.3. The van der Waals surface area contributed by atoms with Gasteiger partial charge in [-0.1, -0.05) is 19.3 Å². The van der Waals surface area contributed by atoms with Gasteiger partial charge in [-0.05, 0) is 49.2 Å². The molecule has 4 aromatic rings. The molecule has 2 aromatic heterocycles. The number of fused-ring (bicyclic) bond motifs is 1. The zero-order valence-corrected chi connectivity index (χ0v) is 18.9. The fraction of sp³-hybridized carbons (Fsp3) is 0.320. The van der Waals surface area contributed by atoms with Crippen molar-refractivity contribution in [1.29, 1.82) is 0 Å². The monoisotopic (exact) mass is 485 g/mol. The molecule has 10 heteroatoms. The highest BCUT2D eigenvalue weighted by Crippen LogP contribution is 2.36. The van der Waals surface area contributed by atoms with Gasteiger partial charge in [0.15, 0.2) is 0 Å². The van der Waals surface area contributed by atoms with Crippen molar-refractivity contribution in [1.82, 2.24) is 19.5 Å². The van der Waals surface area contributed by atoms with E-state index in [-0.39, 0.29) is 17.4 Å². The molecule has 1 aliphatic carbocycles. The van der Waals surface area contributed by atoms with E-state index in [9.17, 15) is 17.6 Å². The molecule has 6 nitrogen and oxygen atoms in total. The van der Waals surface area contributed by atoms with Gasteiger partial charge in [0.05, 0.1) is 23.7 Å². The number of aromatic nitrogens is 4. The van der Waals surface area contributed by atoms with E-state index in [1.807, 2.05) is 0 Å².